The number of benzene rings is 5. The van der Waals surface area contributed by atoms with Crippen LogP contribution in [0, 0.1) is 11.8 Å². The van der Waals surface area contributed by atoms with Gasteiger partial charge >= 0.3 is 0 Å². The minimum absolute atomic E-state index is 0.645. The maximum absolute atomic E-state index is 4.80. The van der Waals surface area contributed by atoms with E-state index < -0.39 is 0 Å². The van der Waals surface area contributed by atoms with E-state index in [4.69, 9.17) is 4.98 Å². The Morgan fingerprint density at radius 1 is 0.463 bits per heavy atom. The molecule has 198 valence electrons. The van der Waals surface area contributed by atoms with Gasteiger partial charge in [-0.1, -0.05) is 97.1 Å². The van der Waals surface area contributed by atoms with Gasteiger partial charge in [-0.3, -0.25) is 4.98 Å². The molecule has 0 N–H and O–H groups in total. The number of nitrogens with zero attached hydrogens (tertiary/aromatic N) is 1. The Morgan fingerprint density at radius 3 is 1.68 bits per heavy atom. The smallest absolute Gasteiger partial charge is 0.0714 e. The second kappa shape index (κ2) is 9.14. The number of pyridine rings is 1. The van der Waals surface area contributed by atoms with Gasteiger partial charge in [0.2, 0.25) is 0 Å². The molecule has 4 aliphatic carbocycles. The van der Waals surface area contributed by atoms with Crippen LogP contribution in [-0.2, 0) is 0 Å². The molecule has 10 rings (SSSR count). The zero-order valence-corrected chi connectivity index (χ0v) is 23.3. The number of hydrogen-bond acceptors (Lipinski definition) is 1. The summed E-state index contributed by atoms with van der Waals surface area (Å²) < 4.78 is 0. The molecule has 41 heavy (non-hydrogen) atoms. The van der Waals surface area contributed by atoms with E-state index in [2.05, 4.69) is 103 Å². The van der Waals surface area contributed by atoms with Gasteiger partial charge in [-0.05, 0) is 123 Å². The Hall–Kier alpha value is -4.23. The van der Waals surface area contributed by atoms with E-state index in [-0.39, 0.29) is 0 Å². The van der Waals surface area contributed by atoms with Crippen molar-refractivity contribution in [3.05, 3.63) is 127 Å². The lowest BCUT2D eigenvalue weighted by molar-refractivity contribution is 0.153. The van der Waals surface area contributed by atoms with Crippen LogP contribution in [0.15, 0.2) is 115 Å². The molecule has 2 unspecified atom stereocenters. The third kappa shape index (κ3) is 3.65. The molecule has 0 aliphatic heterocycles. The first-order valence-corrected chi connectivity index (χ1v) is 15.4. The minimum atomic E-state index is 0.645. The van der Waals surface area contributed by atoms with Crippen LogP contribution in [0.25, 0.3) is 55.1 Å². The summed E-state index contributed by atoms with van der Waals surface area (Å²) in [5, 5.41) is 5.15. The van der Waals surface area contributed by atoms with Crippen LogP contribution in [-0.4, -0.2) is 4.98 Å². The van der Waals surface area contributed by atoms with Crippen LogP contribution in [0.1, 0.15) is 55.1 Å². The first kappa shape index (κ1) is 23.5. The van der Waals surface area contributed by atoms with E-state index in [1.807, 2.05) is 12.3 Å². The summed E-state index contributed by atoms with van der Waals surface area (Å²) >= 11 is 0. The lowest BCUT2D eigenvalue weighted by Crippen LogP contribution is -2.29. The fourth-order valence-electron chi connectivity index (χ4n) is 8.98. The molecule has 1 aromatic heterocycles. The highest BCUT2D eigenvalue weighted by molar-refractivity contribution is 6.21. The molecule has 0 spiro atoms. The number of rotatable bonds is 2. The van der Waals surface area contributed by atoms with Gasteiger partial charge in [-0.15, -0.1) is 0 Å². The first-order chi connectivity index (χ1) is 20.3. The van der Waals surface area contributed by atoms with Crippen molar-refractivity contribution >= 4 is 21.5 Å². The van der Waals surface area contributed by atoms with Crippen LogP contribution >= 0.6 is 0 Å². The molecule has 2 fully saturated rings. The molecule has 0 amide bonds. The van der Waals surface area contributed by atoms with Gasteiger partial charge in [0.25, 0.3) is 0 Å². The third-order valence-corrected chi connectivity index (χ3v) is 10.5. The largest absolute Gasteiger partial charge is 0.256 e. The van der Waals surface area contributed by atoms with Crippen molar-refractivity contribution in [1.29, 1.82) is 0 Å². The van der Waals surface area contributed by atoms with Crippen LogP contribution < -0.4 is 0 Å². The van der Waals surface area contributed by atoms with E-state index in [1.165, 1.54) is 81.5 Å². The Balaban J connectivity index is 1.34. The summed E-state index contributed by atoms with van der Waals surface area (Å²) in [4.78, 5) is 4.80. The fraction of sp³-hybridized carbons (Fsp3) is 0.225. The van der Waals surface area contributed by atoms with E-state index in [0.717, 1.165) is 17.5 Å². The van der Waals surface area contributed by atoms with Crippen LogP contribution in [0.3, 0.4) is 0 Å². The lowest BCUT2D eigenvalue weighted by atomic mass is 9.63. The molecule has 0 saturated heterocycles. The van der Waals surface area contributed by atoms with Crippen molar-refractivity contribution < 1.29 is 0 Å². The van der Waals surface area contributed by atoms with Crippen molar-refractivity contribution in [2.45, 2.75) is 43.9 Å². The van der Waals surface area contributed by atoms with Gasteiger partial charge in [0.15, 0.2) is 0 Å². The van der Waals surface area contributed by atoms with Crippen molar-refractivity contribution in [3.8, 4) is 33.5 Å². The SMILES string of the molecule is c1ccc(-c2c3ccccc3c(-c3ccc4c(c3)C3CC5CC(CC(C5)c5ccccc5-4)C3)c3ccccc23)nc1. The summed E-state index contributed by atoms with van der Waals surface area (Å²) in [5.41, 5.74) is 11.1. The zero-order valence-electron chi connectivity index (χ0n) is 23.3. The summed E-state index contributed by atoms with van der Waals surface area (Å²) in [6.07, 6.45) is 8.78. The molecule has 1 heterocycles. The van der Waals surface area contributed by atoms with Crippen LogP contribution in [0.5, 0.6) is 0 Å². The summed E-state index contributed by atoms with van der Waals surface area (Å²) in [7, 11) is 0. The topological polar surface area (TPSA) is 12.9 Å². The average Bonchev–Trinajstić information content (AvgIpc) is 3.08. The Kier molecular flexibility index (Phi) is 5.23. The molecule has 2 saturated carbocycles. The monoisotopic (exact) mass is 527 g/mol. The predicted octanol–water partition coefficient (Wildman–Crippen LogP) is 10.8. The van der Waals surface area contributed by atoms with Crippen LogP contribution in [0.4, 0.5) is 0 Å². The molecule has 1 nitrogen and oxygen atoms in total. The predicted molar refractivity (Wildman–Crippen MR) is 171 cm³/mol. The Bertz CT molecular complexity index is 1880. The van der Waals surface area contributed by atoms with Crippen molar-refractivity contribution in [1.82, 2.24) is 4.98 Å². The van der Waals surface area contributed by atoms with E-state index in [9.17, 15) is 0 Å². The van der Waals surface area contributed by atoms with Gasteiger partial charge in [-0.25, -0.2) is 0 Å². The summed E-state index contributed by atoms with van der Waals surface area (Å²) in [6, 6.07) is 40.9. The average molecular weight is 528 g/mol. The van der Waals surface area contributed by atoms with Crippen LogP contribution in [0.2, 0.25) is 0 Å². The van der Waals surface area contributed by atoms with Crippen molar-refractivity contribution in [2.24, 2.45) is 11.8 Å². The maximum Gasteiger partial charge on any atom is 0.0714 e. The second-order valence-corrected chi connectivity index (χ2v) is 12.7. The highest BCUT2D eigenvalue weighted by atomic mass is 14.7. The molecule has 2 atom stereocenters. The van der Waals surface area contributed by atoms with Gasteiger partial charge in [0, 0.05) is 11.8 Å². The molecule has 4 aliphatic rings. The van der Waals surface area contributed by atoms with Crippen molar-refractivity contribution in [2.75, 3.05) is 0 Å². The zero-order chi connectivity index (χ0) is 26.9. The quantitative estimate of drug-likeness (QED) is 0.204. The van der Waals surface area contributed by atoms with Gasteiger partial charge in [0.1, 0.15) is 0 Å². The Labute approximate surface area is 241 Å². The van der Waals surface area contributed by atoms with E-state index >= 15 is 0 Å². The maximum atomic E-state index is 4.80. The molecule has 4 bridgehead atoms. The molecule has 1 heteroatoms. The highest BCUT2D eigenvalue weighted by Crippen LogP contribution is 2.56. The molecular formula is C40H33N. The standard InChI is InChI=1S/C40H33N/c1-2-10-31-30(9-1)28-20-25-19-26(21-28)23-29(22-25)37-24-27(16-17-32(31)37)39-33-11-3-5-13-35(33)40(38-15-7-8-18-41-38)36-14-6-4-12-34(36)39/h1-18,24-26,28-29H,19-23H2. The number of fused-ring (bicyclic) bond motifs is 2. The normalized spacial score (nSPS) is 22.6. The molecular weight excluding hydrogens is 494 g/mol. The number of hydrogen-bond donors (Lipinski definition) is 0. The lowest BCUT2D eigenvalue weighted by Gasteiger charge is -2.42. The molecule has 5 aromatic carbocycles. The first-order valence-electron chi connectivity index (χ1n) is 15.4. The minimum Gasteiger partial charge on any atom is -0.256 e. The fourth-order valence-corrected chi connectivity index (χ4v) is 8.98. The summed E-state index contributed by atoms with van der Waals surface area (Å²) in [6.45, 7) is 0. The summed E-state index contributed by atoms with van der Waals surface area (Å²) in [5.74, 6) is 3.08. The molecule has 0 radical (unpaired) electrons. The Morgan fingerprint density at radius 2 is 1.02 bits per heavy atom. The third-order valence-electron chi connectivity index (χ3n) is 10.5. The van der Waals surface area contributed by atoms with E-state index in [1.54, 1.807) is 11.1 Å². The van der Waals surface area contributed by atoms with Gasteiger partial charge in [0.05, 0.1) is 5.69 Å². The second-order valence-electron chi connectivity index (χ2n) is 12.7. The van der Waals surface area contributed by atoms with E-state index in [0.29, 0.717) is 11.8 Å². The highest BCUT2D eigenvalue weighted by Gasteiger charge is 2.40. The van der Waals surface area contributed by atoms with Gasteiger partial charge < -0.3 is 0 Å². The molecule has 6 aromatic rings. The number of aromatic nitrogens is 1. The van der Waals surface area contributed by atoms with Crippen molar-refractivity contribution in [3.63, 3.8) is 0 Å². The van der Waals surface area contributed by atoms with Gasteiger partial charge in [-0.2, -0.15) is 0 Å².